The molecule has 0 aromatic heterocycles. The molecule has 1 fully saturated rings. The summed E-state index contributed by atoms with van der Waals surface area (Å²) in [6, 6.07) is 6.00. The first-order chi connectivity index (χ1) is 6.53. The Morgan fingerprint density at radius 1 is 1.21 bits per heavy atom. The summed E-state index contributed by atoms with van der Waals surface area (Å²) in [6.45, 7) is 6.19. The molecule has 0 atom stereocenters. The third kappa shape index (κ3) is 1.47. The first-order valence-electron chi connectivity index (χ1n) is 5.15. The highest BCUT2D eigenvalue weighted by Gasteiger charge is 2.44. The highest BCUT2D eigenvalue weighted by molar-refractivity contribution is 6.02. The van der Waals surface area contributed by atoms with Gasteiger partial charge in [0, 0.05) is 11.0 Å². The first-order valence-corrected chi connectivity index (χ1v) is 5.15. The van der Waals surface area contributed by atoms with E-state index >= 15 is 0 Å². The lowest BCUT2D eigenvalue weighted by Gasteiger charge is -2.08. The Hall–Kier alpha value is -1.11. The van der Waals surface area contributed by atoms with Crippen LogP contribution in [0.2, 0.25) is 0 Å². The Kier molecular flexibility index (Phi) is 1.99. The fourth-order valence-corrected chi connectivity index (χ4v) is 1.65. The summed E-state index contributed by atoms with van der Waals surface area (Å²) in [6.07, 6.45) is 2.11. The zero-order valence-corrected chi connectivity index (χ0v) is 9.05. The molecule has 0 unspecified atom stereocenters. The quantitative estimate of drug-likeness (QED) is 0.651. The van der Waals surface area contributed by atoms with Crippen LogP contribution in [0.4, 0.5) is 0 Å². The molecule has 0 saturated heterocycles. The van der Waals surface area contributed by atoms with E-state index in [-0.39, 0.29) is 5.41 Å². The zero-order valence-electron chi connectivity index (χ0n) is 9.05. The van der Waals surface area contributed by atoms with Crippen LogP contribution in [0.3, 0.4) is 0 Å². The monoisotopic (exact) mass is 188 g/mol. The number of benzene rings is 1. The largest absolute Gasteiger partial charge is 0.294 e. The molecule has 1 aromatic rings. The van der Waals surface area contributed by atoms with Crippen molar-refractivity contribution in [3.63, 3.8) is 0 Å². The van der Waals surface area contributed by atoms with Crippen LogP contribution < -0.4 is 0 Å². The minimum absolute atomic E-state index is 0.0400. The number of aryl methyl sites for hydroxylation is 2. The molecule has 0 heterocycles. The highest BCUT2D eigenvalue weighted by Crippen LogP contribution is 2.47. The summed E-state index contributed by atoms with van der Waals surface area (Å²) in [5.74, 6) is 0.320. The Labute approximate surface area is 85.1 Å². The van der Waals surface area contributed by atoms with Gasteiger partial charge in [0.25, 0.3) is 0 Å². The Balaban J connectivity index is 2.33. The molecule has 0 aliphatic heterocycles. The summed E-state index contributed by atoms with van der Waals surface area (Å²) < 4.78 is 0. The standard InChI is InChI=1S/C13H16O/c1-9-4-5-11(8-10(9)2)12(14)13(3)6-7-13/h4-5,8H,6-7H2,1-3H3. The molecule has 0 N–H and O–H groups in total. The third-order valence-electron chi connectivity index (χ3n) is 3.32. The predicted molar refractivity (Wildman–Crippen MR) is 57.6 cm³/mol. The Bertz CT molecular complexity index is 386. The number of carbonyl (C=O) groups excluding carboxylic acids is 1. The Morgan fingerprint density at radius 3 is 2.36 bits per heavy atom. The minimum Gasteiger partial charge on any atom is -0.294 e. The third-order valence-corrected chi connectivity index (χ3v) is 3.32. The van der Waals surface area contributed by atoms with Crippen LogP contribution in [0.5, 0.6) is 0 Å². The molecule has 0 spiro atoms. The average Bonchev–Trinajstić information content (AvgIpc) is 2.89. The van der Waals surface area contributed by atoms with Crippen LogP contribution in [0.1, 0.15) is 41.3 Å². The van der Waals surface area contributed by atoms with E-state index < -0.39 is 0 Å². The van der Waals surface area contributed by atoms with E-state index in [4.69, 9.17) is 0 Å². The zero-order chi connectivity index (χ0) is 10.3. The van der Waals surface area contributed by atoms with Gasteiger partial charge >= 0.3 is 0 Å². The van der Waals surface area contributed by atoms with E-state index in [0.29, 0.717) is 5.78 Å². The second-order valence-electron chi connectivity index (χ2n) is 4.69. The van der Waals surface area contributed by atoms with Crippen molar-refractivity contribution in [3.05, 3.63) is 34.9 Å². The fraction of sp³-hybridized carbons (Fsp3) is 0.462. The fourth-order valence-electron chi connectivity index (χ4n) is 1.65. The topological polar surface area (TPSA) is 17.1 Å². The van der Waals surface area contributed by atoms with Crippen molar-refractivity contribution in [1.29, 1.82) is 0 Å². The second-order valence-corrected chi connectivity index (χ2v) is 4.69. The molecular weight excluding hydrogens is 172 g/mol. The maximum Gasteiger partial charge on any atom is 0.168 e. The van der Waals surface area contributed by atoms with Gasteiger partial charge in [-0.25, -0.2) is 0 Å². The molecule has 1 aromatic carbocycles. The van der Waals surface area contributed by atoms with Crippen LogP contribution in [0.25, 0.3) is 0 Å². The van der Waals surface area contributed by atoms with E-state index in [1.807, 2.05) is 18.2 Å². The lowest BCUT2D eigenvalue weighted by atomic mass is 9.94. The van der Waals surface area contributed by atoms with E-state index in [2.05, 4.69) is 20.8 Å². The predicted octanol–water partition coefficient (Wildman–Crippen LogP) is 3.29. The first kappa shape index (κ1) is 9.45. The van der Waals surface area contributed by atoms with Gasteiger partial charge in [0.2, 0.25) is 0 Å². The van der Waals surface area contributed by atoms with Crippen LogP contribution in [-0.2, 0) is 0 Å². The van der Waals surface area contributed by atoms with Gasteiger partial charge in [-0.15, -0.1) is 0 Å². The normalized spacial score (nSPS) is 17.9. The van der Waals surface area contributed by atoms with Crippen molar-refractivity contribution in [3.8, 4) is 0 Å². The Morgan fingerprint density at radius 2 is 1.86 bits per heavy atom. The van der Waals surface area contributed by atoms with Crippen LogP contribution in [0.15, 0.2) is 18.2 Å². The summed E-state index contributed by atoms with van der Waals surface area (Å²) in [5, 5.41) is 0. The van der Waals surface area contributed by atoms with Gasteiger partial charge in [-0.2, -0.15) is 0 Å². The summed E-state index contributed by atoms with van der Waals surface area (Å²) in [4.78, 5) is 12.0. The molecule has 1 heteroatoms. The average molecular weight is 188 g/mol. The van der Waals surface area contributed by atoms with E-state index in [0.717, 1.165) is 18.4 Å². The van der Waals surface area contributed by atoms with Gasteiger partial charge in [0.1, 0.15) is 0 Å². The minimum atomic E-state index is -0.0400. The second kappa shape index (κ2) is 2.94. The molecule has 1 aliphatic rings. The van der Waals surface area contributed by atoms with Crippen LogP contribution in [-0.4, -0.2) is 5.78 Å². The molecule has 0 radical (unpaired) electrons. The molecule has 74 valence electrons. The SMILES string of the molecule is Cc1ccc(C(=O)C2(C)CC2)cc1C. The number of hydrogen-bond donors (Lipinski definition) is 0. The van der Waals surface area contributed by atoms with E-state index in [1.165, 1.54) is 11.1 Å². The van der Waals surface area contributed by atoms with Gasteiger partial charge in [-0.05, 0) is 43.9 Å². The number of rotatable bonds is 2. The molecule has 2 rings (SSSR count). The number of hydrogen-bond acceptors (Lipinski definition) is 1. The van der Waals surface area contributed by atoms with Gasteiger partial charge in [0.05, 0.1) is 0 Å². The van der Waals surface area contributed by atoms with Crippen molar-refractivity contribution < 1.29 is 4.79 Å². The van der Waals surface area contributed by atoms with E-state index in [9.17, 15) is 4.79 Å². The maximum atomic E-state index is 12.0. The number of carbonyl (C=O) groups is 1. The lowest BCUT2D eigenvalue weighted by molar-refractivity contribution is 0.0912. The number of Topliss-reactive ketones (excluding diaryl/α,β-unsaturated/α-hetero) is 1. The van der Waals surface area contributed by atoms with Crippen molar-refractivity contribution in [2.24, 2.45) is 5.41 Å². The summed E-state index contributed by atoms with van der Waals surface area (Å²) in [5.41, 5.74) is 3.30. The molecule has 1 aliphatic carbocycles. The molecular formula is C13H16O. The van der Waals surface area contributed by atoms with Gasteiger partial charge in [-0.3, -0.25) is 4.79 Å². The smallest absolute Gasteiger partial charge is 0.168 e. The van der Waals surface area contributed by atoms with Crippen LogP contribution >= 0.6 is 0 Å². The van der Waals surface area contributed by atoms with Crippen molar-refractivity contribution in [2.45, 2.75) is 33.6 Å². The summed E-state index contributed by atoms with van der Waals surface area (Å²) in [7, 11) is 0. The maximum absolute atomic E-state index is 12.0. The molecule has 0 amide bonds. The molecule has 14 heavy (non-hydrogen) atoms. The van der Waals surface area contributed by atoms with Gasteiger partial charge in [-0.1, -0.05) is 19.1 Å². The van der Waals surface area contributed by atoms with Crippen LogP contribution in [0, 0.1) is 19.3 Å². The van der Waals surface area contributed by atoms with Crippen molar-refractivity contribution >= 4 is 5.78 Å². The van der Waals surface area contributed by atoms with Gasteiger partial charge in [0.15, 0.2) is 5.78 Å². The molecule has 1 nitrogen and oxygen atoms in total. The lowest BCUT2D eigenvalue weighted by Crippen LogP contribution is -2.12. The van der Waals surface area contributed by atoms with E-state index in [1.54, 1.807) is 0 Å². The van der Waals surface area contributed by atoms with Crippen molar-refractivity contribution in [1.82, 2.24) is 0 Å². The molecule has 0 bridgehead atoms. The molecule has 1 saturated carbocycles. The summed E-state index contributed by atoms with van der Waals surface area (Å²) >= 11 is 0. The van der Waals surface area contributed by atoms with Crippen molar-refractivity contribution in [2.75, 3.05) is 0 Å². The van der Waals surface area contributed by atoms with Gasteiger partial charge < -0.3 is 0 Å². The number of ketones is 1. The highest BCUT2D eigenvalue weighted by atomic mass is 16.1.